The minimum Gasteiger partial charge on any atom is -0.399 e. The first kappa shape index (κ1) is 13.4. The van der Waals surface area contributed by atoms with E-state index < -0.39 is 0 Å². The lowest BCUT2D eigenvalue weighted by Gasteiger charge is -1.93. The highest BCUT2D eigenvalue weighted by Gasteiger charge is 1.96. The number of nitrogens with two attached hydrogens (primary N) is 1. The number of aromatic nitrogens is 2. The molecule has 0 unspecified atom stereocenters. The fourth-order valence-electron chi connectivity index (χ4n) is 1.77. The summed E-state index contributed by atoms with van der Waals surface area (Å²) in [5, 5.41) is 0. The normalized spacial score (nSPS) is 10.0. The van der Waals surface area contributed by atoms with E-state index in [1.54, 1.807) is 0 Å². The summed E-state index contributed by atoms with van der Waals surface area (Å²) in [5.41, 5.74) is 9.78. The molecule has 3 rings (SSSR count). The molecule has 1 heterocycles. The molecule has 3 aromatic rings. The molecule has 0 radical (unpaired) electrons. The third kappa shape index (κ3) is 3.03. The van der Waals surface area contributed by atoms with Crippen LogP contribution in [0.2, 0.25) is 0 Å². The molecular weight excluding hydrogens is 254 g/mol. The first-order chi connectivity index (χ1) is 9.09. The molecule has 3 nitrogen and oxygen atoms in total. The number of benzene rings is 2. The minimum absolute atomic E-state index is 0.770. The first-order valence-corrected chi connectivity index (χ1v) is 6.45. The number of rotatable bonds is 0. The van der Waals surface area contributed by atoms with Crippen LogP contribution in [0.5, 0.6) is 0 Å². The summed E-state index contributed by atoms with van der Waals surface area (Å²) in [6.07, 6.45) is 0. The average Bonchev–Trinajstić information content (AvgIpc) is 2.70. The van der Waals surface area contributed by atoms with E-state index in [0.29, 0.717) is 0 Å². The van der Waals surface area contributed by atoms with Crippen molar-refractivity contribution in [1.29, 1.82) is 0 Å². The van der Waals surface area contributed by atoms with E-state index in [1.807, 2.05) is 67.1 Å². The molecule has 3 N–H and O–H groups in total. The highest BCUT2D eigenvalue weighted by atomic mass is 32.1. The highest BCUT2D eigenvalue weighted by Crippen LogP contribution is 2.10. The van der Waals surface area contributed by atoms with Gasteiger partial charge in [0.2, 0.25) is 0 Å². The van der Waals surface area contributed by atoms with Crippen molar-refractivity contribution in [1.82, 2.24) is 9.55 Å². The van der Waals surface area contributed by atoms with Crippen LogP contribution in [-0.4, -0.2) is 9.55 Å². The summed E-state index contributed by atoms with van der Waals surface area (Å²) in [5.74, 6) is 0. The second-order valence-electron chi connectivity index (χ2n) is 4.36. The van der Waals surface area contributed by atoms with E-state index in [4.69, 9.17) is 18.0 Å². The van der Waals surface area contributed by atoms with Gasteiger partial charge in [0.1, 0.15) is 0 Å². The summed E-state index contributed by atoms with van der Waals surface area (Å²) in [6, 6.07) is 15.9. The fourth-order valence-corrected chi connectivity index (χ4v) is 1.98. The van der Waals surface area contributed by atoms with Gasteiger partial charge in [-0.3, -0.25) is 0 Å². The van der Waals surface area contributed by atoms with E-state index in [9.17, 15) is 0 Å². The van der Waals surface area contributed by atoms with E-state index in [1.165, 1.54) is 0 Å². The van der Waals surface area contributed by atoms with Gasteiger partial charge in [-0.15, -0.1) is 0 Å². The van der Waals surface area contributed by atoms with Crippen LogP contribution < -0.4 is 5.73 Å². The summed E-state index contributed by atoms with van der Waals surface area (Å²) in [6.45, 7) is 2.00. The smallest absolute Gasteiger partial charge is 0.177 e. The van der Waals surface area contributed by atoms with Gasteiger partial charge in [-0.25, -0.2) is 0 Å². The fraction of sp³-hybridized carbons (Fsp3) is 0.133. The van der Waals surface area contributed by atoms with Gasteiger partial charge in [0.25, 0.3) is 0 Å². The third-order valence-electron chi connectivity index (χ3n) is 3.00. The maximum Gasteiger partial charge on any atom is 0.177 e. The van der Waals surface area contributed by atoms with Gasteiger partial charge >= 0.3 is 0 Å². The second kappa shape index (κ2) is 5.71. The van der Waals surface area contributed by atoms with Crippen LogP contribution in [0, 0.1) is 11.7 Å². The monoisotopic (exact) mass is 271 g/mol. The Morgan fingerprint density at radius 1 is 1.05 bits per heavy atom. The van der Waals surface area contributed by atoms with Crippen molar-refractivity contribution in [2.45, 2.75) is 6.92 Å². The molecule has 0 bridgehead atoms. The SMILES string of the molecule is Cc1ccccc1N.Cn1c(=S)[nH]c2ccccc21. The zero-order valence-electron chi connectivity index (χ0n) is 11.1. The van der Waals surface area contributed by atoms with Crippen LogP contribution in [0.4, 0.5) is 5.69 Å². The van der Waals surface area contributed by atoms with Gasteiger partial charge in [-0.05, 0) is 42.9 Å². The van der Waals surface area contributed by atoms with Crippen LogP contribution in [0.1, 0.15) is 5.56 Å². The Morgan fingerprint density at radius 3 is 2.26 bits per heavy atom. The Hall–Kier alpha value is -2.07. The topological polar surface area (TPSA) is 46.7 Å². The van der Waals surface area contributed by atoms with Crippen LogP contribution in [0.15, 0.2) is 48.5 Å². The second-order valence-corrected chi connectivity index (χ2v) is 4.75. The van der Waals surface area contributed by atoms with Crippen molar-refractivity contribution in [3.8, 4) is 0 Å². The molecule has 0 aliphatic rings. The highest BCUT2D eigenvalue weighted by molar-refractivity contribution is 7.71. The number of aryl methyl sites for hydroxylation is 2. The zero-order chi connectivity index (χ0) is 13.8. The number of hydrogen-bond donors (Lipinski definition) is 2. The van der Waals surface area contributed by atoms with Gasteiger partial charge in [-0.1, -0.05) is 30.3 Å². The largest absolute Gasteiger partial charge is 0.399 e. The predicted molar refractivity (Wildman–Crippen MR) is 83.7 cm³/mol. The first-order valence-electron chi connectivity index (χ1n) is 6.04. The molecule has 2 aromatic carbocycles. The molecule has 0 saturated carbocycles. The van der Waals surface area contributed by atoms with Gasteiger partial charge in [0, 0.05) is 12.7 Å². The summed E-state index contributed by atoms with van der Waals surface area (Å²) in [7, 11) is 1.96. The molecule has 1 aromatic heterocycles. The van der Waals surface area contributed by atoms with Gasteiger partial charge in [0.15, 0.2) is 4.77 Å². The van der Waals surface area contributed by atoms with Crippen molar-refractivity contribution in [3.63, 3.8) is 0 Å². The molecule has 0 amide bonds. The Balaban J connectivity index is 0.000000148. The zero-order valence-corrected chi connectivity index (χ0v) is 11.9. The molecular formula is C15H17N3S. The average molecular weight is 271 g/mol. The number of nitrogens with one attached hydrogen (secondary N) is 1. The van der Waals surface area contributed by atoms with Crippen molar-refractivity contribution in [2.24, 2.45) is 7.05 Å². The quantitative estimate of drug-likeness (QED) is 0.482. The van der Waals surface area contributed by atoms with Crippen LogP contribution in [0.25, 0.3) is 11.0 Å². The lowest BCUT2D eigenvalue weighted by Crippen LogP contribution is -1.85. The number of hydrogen-bond acceptors (Lipinski definition) is 2. The van der Waals surface area contributed by atoms with E-state index in [2.05, 4.69) is 4.98 Å². The van der Waals surface area contributed by atoms with Gasteiger partial charge in [-0.2, -0.15) is 0 Å². The minimum atomic E-state index is 0.770. The van der Waals surface area contributed by atoms with Crippen LogP contribution in [0.3, 0.4) is 0 Å². The summed E-state index contributed by atoms with van der Waals surface area (Å²) < 4.78 is 2.73. The molecule has 0 aliphatic carbocycles. The van der Waals surface area contributed by atoms with E-state index >= 15 is 0 Å². The lowest BCUT2D eigenvalue weighted by atomic mass is 10.2. The number of nitrogens with zero attached hydrogens (tertiary/aromatic N) is 1. The Morgan fingerprint density at radius 2 is 1.68 bits per heavy atom. The van der Waals surface area contributed by atoms with Crippen molar-refractivity contribution < 1.29 is 0 Å². The molecule has 19 heavy (non-hydrogen) atoms. The maximum atomic E-state index is 5.52. The molecule has 0 fully saturated rings. The number of imidazole rings is 1. The standard InChI is InChI=1S/C8H8N2S.C7H9N/c1-10-7-5-3-2-4-6(7)9-8(10)11;1-6-4-2-3-5-7(6)8/h2-5H,1H3,(H,9,11);2-5H,8H2,1H3. The maximum absolute atomic E-state index is 5.52. The van der Waals surface area contributed by atoms with Crippen LogP contribution >= 0.6 is 12.2 Å². The molecule has 0 atom stereocenters. The Labute approximate surface area is 117 Å². The summed E-state index contributed by atoms with van der Waals surface area (Å²) in [4.78, 5) is 3.10. The number of para-hydroxylation sites is 3. The number of fused-ring (bicyclic) bond motifs is 1. The third-order valence-corrected chi connectivity index (χ3v) is 3.38. The number of anilines is 1. The van der Waals surface area contributed by atoms with Gasteiger partial charge in [0.05, 0.1) is 11.0 Å². The Bertz CT molecular complexity index is 719. The van der Waals surface area contributed by atoms with Crippen molar-refractivity contribution in [3.05, 3.63) is 58.9 Å². The molecule has 98 valence electrons. The molecule has 4 heteroatoms. The summed E-state index contributed by atoms with van der Waals surface area (Å²) >= 11 is 5.06. The molecule has 0 spiro atoms. The number of nitrogen functional groups attached to an aromatic ring is 1. The van der Waals surface area contributed by atoms with Crippen molar-refractivity contribution in [2.75, 3.05) is 5.73 Å². The Kier molecular flexibility index (Phi) is 4.02. The van der Waals surface area contributed by atoms with Crippen molar-refractivity contribution >= 4 is 28.9 Å². The number of aromatic amines is 1. The van der Waals surface area contributed by atoms with Crippen LogP contribution in [-0.2, 0) is 7.05 Å². The number of H-pyrrole nitrogens is 1. The van der Waals surface area contributed by atoms with E-state index in [0.717, 1.165) is 27.1 Å². The molecule has 0 saturated heterocycles. The van der Waals surface area contributed by atoms with Gasteiger partial charge < -0.3 is 15.3 Å². The predicted octanol–water partition coefficient (Wildman–Crippen LogP) is 3.81. The molecule has 0 aliphatic heterocycles. The lowest BCUT2D eigenvalue weighted by molar-refractivity contribution is 0.927. The van der Waals surface area contributed by atoms with E-state index in [-0.39, 0.29) is 0 Å².